The Kier molecular flexibility index (Phi) is 3.24. The maximum Gasteiger partial charge on any atom is 0.224 e. The fourth-order valence-electron chi connectivity index (χ4n) is 0.852. The zero-order valence-corrected chi connectivity index (χ0v) is 8.49. The summed E-state index contributed by atoms with van der Waals surface area (Å²) in [5.74, 6) is 0.859. The Morgan fingerprint density at radius 1 is 1.64 bits per heavy atom. The maximum atomic E-state index is 9.70. The van der Waals surface area contributed by atoms with E-state index in [4.69, 9.17) is 5.73 Å². The van der Waals surface area contributed by atoms with E-state index in [1.54, 1.807) is 19.2 Å². The second kappa shape index (κ2) is 4.23. The summed E-state index contributed by atoms with van der Waals surface area (Å²) in [5, 5.41) is 12.6. The maximum absolute atomic E-state index is 9.70. The molecular weight excluding hydrogens is 180 g/mol. The van der Waals surface area contributed by atoms with E-state index in [0.717, 1.165) is 0 Å². The standard InChI is InChI=1S/C9H16N4O/c1-3-9(2,14)6-12-8-11-5-4-7(10)13-8/h4-5,14H,3,6H2,1-2H3,(H3,10,11,12,13). The van der Waals surface area contributed by atoms with E-state index >= 15 is 0 Å². The molecule has 5 heteroatoms. The molecule has 1 heterocycles. The fourth-order valence-corrected chi connectivity index (χ4v) is 0.852. The lowest BCUT2D eigenvalue weighted by molar-refractivity contribution is 0.0695. The van der Waals surface area contributed by atoms with Crippen molar-refractivity contribution in [3.05, 3.63) is 12.3 Å². The average molecular weight is 196 g/mol. The minimum absolute atomic E-state index is 0.410. The molecule has 0 aliphatic rings. The summed E-state index contributed by atoms with van der Waals surface area (Å²) in [4.78, 5) is 7.92. The number of hydrogen-bond acceptors (Lipinski definition) is 5. The second-order valence-electron chi connectivity index (χ2n) is 3.51. The van der Waals surface area contributed by atoms with E-state index in [2.05, 4.69) is 15.3 Å². The average Bonchev–Trinajstić information content (AvgIpc) is 2.15. The SMILES string of the molecule is CCC(C)(O)CNc1nccc(N)n1. The summed E-state index contributed by atoms with van der Waals surface area (Å²) in [7, 11) is 0. The van der Waals surface area contributed by atoms with Gasteiger partial charge in [0, 0.05) is 12.7 Å². The molecule has 0 saturated carbocycles. The van der Waals surface area contributed by atoms with Crippen LogP contribution < -0.4 is 11.1 Å². The van der Waals surface area contributed by atoms with Crippen LogP contribution >= 0.6 is 0 Å². The monoisotopic (exact) mass is 196 g/mol. The van der Waals surface area contributed by atoms with Crippen molar-refractivity contribution in [1.82, 2.24) is 9.97 Å². The lowest BCUT2D eigenvalue weighted by atomic mass is 10.0. The third-order valence-corrected chi connectivity index (χ3v) is 2.07. The number of rotatable bonds is 4. The van der Waals surface area contributed by atoms with Gasteiger partial charge < -0.3 is 16.2 Å². The van der Waals surface area contributed by atoms with Crippen molar-refractivity contribution < 1.29 is 5.11 Å². The smallest absolute Gasteiger partial charge is 0.224 e. The third kappa shape index (κ3) is 3.18. The van der Waals surface area contributed by atoms with Gasteiger partial charge in [0.15, 0.2) is 0 Å². The summed E-state index contributed by atoms with van der Waals surface area (Å²) >= 11 is 0. The van der Waals surface area contributed by atoms with E-state index in [1.807, 2.05) is 6.92 Å². The minimum Gasteiger partial charge on any atom is -0.388 e. The first-order valence-corrected chi connectivity index (χ1v) is 4.58. The Balaban J connectivity index is 2.54. The highest BCUT2D eigenvalue weighted by molar-refractivity contribution is 5.35. The first kappa shape index (κ1) is 10.7. The molecule has 0 aliphatic heterocycles. The van der Waals surface area contributed by atoms with Crippen LogP contribution in [0.3, 0.4) is 0 Å². The van der Waals surface area contributed by atoms with Crippen molar-refractivity contribution in [2.24, 2.45) is 0 Å². The lowest BCUT2D eigenvalue weighted by Gasteiger charge is -2.21. The van der Waals surface area contributed by atoms with Crippen LogP contribution in [0.2, 0.25) is 0 Å². The molecule has 0 bridgehead atoms. The van der Waals surface area contributed by atoms with E-state index in [9.17, 15) is 5.11 Å². The predicted octanol–water partition coefficient (Wildman–Crippen LogP) is 0.632. The number of hydrogen-bond donors (Lipinski definition) is 3. The van der Waals surface area contributed by atoms with Gasteiger partial charge in [-0.25, -0.2) is 4.98 Å². The Morgan fingerprint density at radius 3 is 2.93 bits per heavy atom. The van der Waals surface area contributed by atoms with Crippen molar-refractivity contribution in [1.29, 1.82) is 0 Å². The molecule has 1 rings (SSSR count). The first-order chi connectivity index (χ1) is 6.53. The van der Waals surface area contributed by atoms with Crippen LogP contribution in [-0.4, -0.2) is 27.2 Å². The molecule has 4 N–H and O–H groups in total. The number of nitrogens with zero attached hydrogens (tertiary/aromatic N) is 2. The number of nitrogen functional groups attached to an aromatic ring is 1. The van der Waals surface area contributed by atoms with Crippen molar-refractivity contribution in [2.45, 2.75) is 25.9 Å². The molecule has 0 radical (unpaired) electrons. The quantitative estimate of drug-likeness (QED) is 0.657. The Bertz CT molecular complexity index is 301. The summed E-state index contributed by atoms with van der Waals surface area (Å²) < 4.78 is 0. The molecule has 0 fully saturated rings. The van der Waals surface area contributed by atoms with Crippen LogP contribution in [0.5, 0.6) is 0 Å². The molecule has 1 atom stereocenters. The molecule has 0 aliphatic carbocycles. The summed E-state index contributed by atoms with van der Waals surface area (Å²) in [5.41, 5.74) is 4.73. The minimum atomic E-state index is -0.742. The zero-order valence-electron chi connectivity index (χ0n) is 8.49. The summed E-state index contributed by atoms with van der Waals surface area (Å²) in [6.07, 6.45) is 2.24. The van der Waals surface area contributed by atoms with Crippen LogP contribution in [0.4, 0.5) is 11.8 Å². The number of nitrogens with two attached hydrogens (primary N) is 1. The number of aromatic nitrogens is 2. The van der Waals surface area contributed by atoms with Crippen molar-refractivity contribution in [2.75, 3.05) is 17.6 Å². The normalized spacial score (nSPS) is 14.8. The van der Waals surface area contributed by atoms with Gasteiger partial charge in [-0.1, -0.05) is 6.92 Å². The van der Waals surface area contributed by atoms with Gasteiger partial charge >= 0.3 is 0 Å². The summed E-state index contributed by atoms with van der Waals surface area (Å²) in [6.45, 7) is 4.08. The van der Waals surface area contributed by atoms with Crippen LogP contribution in [0.15, 0.2) is 12.3 Å². The molecule has 0 amide bonds. The van der Waals surface area contributed by atoms with Crippen molar-refractivity contribution in [3.8, 4) is 0 Å². The van der Waals surface area contributed by atoms with Gasteiger partial charge in [0.2, 0.25) is 5.95 Å². The van der Waals surface area contributed by atoms with Crippen LogP contribution in [0.25, 0.3) is 0 Å². The van der Waals surface area contributed by atoms with Crippen LogP contribution in [-0.2, 0) is 0 Å². The molecule has 14 heavy (non-hydrogen) atoms. The number of aliphatic hydroxyl groups is 1. The highest BCUT2D eigenvalue weighted by Gasteiger charge is 2.17. The third-order valence-electron chi connectivity index (χ3n) is 2.07. The van der Waals surface area contributed by atoms with E-state index in [-0.39, 0.29) is 0 Å². The first-order valence-electron chi connectivity index (χ1n) is 4.58. The molecule has 78 valence electrons. The fraction of sp³-hybridized carbons (Fsp3) is 0.556. The van der Waals surface area contributed by atoms with Gasteiger partial charge in [-0.3, -0.25) is 0 Å². The Hall–Kier alpha value is -1.36. The van der Waals surface area contributed by atoms with Gasteiger partial charge in [0.25, 0.3) is 0 Å². The van der Waals surface area contributed by atoms with Gasteiger partial charge in [-0.2, -0.15) is 4.98 Å². The number of nitrogens with one attached hydrogen (secondary N) is 1. The Morgan fingerprint density at radius 2 is 2.36 bits per heavy atom. The molecular formula is C9H16N4O. The van der Waals surface area contributed by atoms with Gasteiger partial charge in [0.1, 0.15) is 5.82 Å². The Labute approximate surface area is 83.4 Å². The molecule has 0 aromatic carbocycles. The molecule has 5 nitrogen and oxygen atoms in total. The zero-order chi connectivity index (χ0) is 10.6. The van der Waals surface area contributed by atoms with Crippen molar-refractivity contribution >= 4 is 11.8 Å². The topological polar surface area (TPSA) is 84.1 Å². The highest BCUT2D eigenvalue weighted by Crippen LogP contribution is 2.09. The van der Waals surface area contributed by atoms with Crippen molar-refractivity contribution in [3.63, 3.8) is 0 Å². The largest absolute Gasteiger partial charge is 0.388 e. The molecule has 0 spiro atoms. The van der Waals surface area contributed by atoms with Gasteiger partial charge in [0.05, 0.1) is 5.60 Å². The lowest BCUT2D eigenvalue weighted by Crippen LogP contribution is -2.32. The molecule has 0 saturated heterocycles. The summed E-state index contributed by atoms with van der Waals surface area (Å²) in [6, 6.07) is 1.61. The predicted molar refractivity (Wildman–Crippen MR) is 55.8 cm³/mol. The van der Waals surface area contributed by atoms with Crippen LogP contribution in [0, 0.1) is 0 Å². The molecule has 1 aromatic heterocycles. The second-order valence-corrected chi connectivity index (χ2v) is 3.51. The molecule has 1 aromatic rings. The van der Waals surface area contributed by atoms with E-state index < -0.39 is 5.60 Å². The van der Waals surface area contributed by atoms with Crippen LogP contribution in [0.1, 0.15) is 20.3 Å². The number of anilines is 2. The van der Waals surface area contributed by atoms with E-state index in [0.29, 0.717) is 24.7 Å². The highest BCUT2D eigenvalue weighted by atomic mass is 16.3. The van der Waals surface area contributed by atoms with Gasteiger partial charge in [-0.15, -0.1) is 0 Å². The van der Waals surface area contributed by atoms with E-state index in [1.165, 1.54) is 0 Å². The molecule has 1 unspecified atom stereocenters. The van der Waals surface area contributed by atoms with Gasteiger partial charge in [-0.05, 0) is 19.4 Å².